The number of rotatable bonds is 9. The minimum absolute atomic E-state index is 0. The van der Waals surface area contributed by atoms with Gasteiger partial charge in [-0.05, 0) is 49.8 Å². The predicted molar refractivity (Wildman–Crippen MR) is 121 cm³/mol. The number of nitrogens with one attached hydrogen (secondary N) is 1. The van der Waals surface area contributed by atoms with E-state index in [1.165, 1.54) is 0 Å². The zero-order valence-corrected chi connectivity index (χ0v) is 18.3. The maximum Gasteiger partial charge on any atom is 0.248 e. The maximum absolute atomic E-state index is 12.6. The van der Waals surface area contributed by atoms with Gasteiger partial charge in [0.05, 0.1) is 0 Å². The number of nitrogens with zero attached hydrogens (tertiary/aromatic N) is 1. The van der Waals surface area contributed by atoms with Crippen LogP contribution in [0.25, 0.3) is 0 Å². The van der Waals surface area contributed by atoms with E-state index in [0.29, 0.717) is 12.3 Å². The van der Waals surface area contributed by atoms with Crippen molar-refractivity contribution in [3.8, 4) is 5.75 Å². The van der Waals surface area contributed by atoms with E-state index in [0.717, 1.165) is 30.9 Å². The van der Waals surface area contributed by atoms with Gasteiger partial charge in [0.25, 0.3) is 0 Å². The Balaban J connectivity index is 0.00000364. The summed E-state index contributed by atoms with van der Waals surface area (Å²) in [5, 5.41) is 2.87. The van der Waals surface area contributed by atoms with Crippen molar-refractivity contribution in [2.45, 2.75) is 26.3 Å². The topological polar surface area (TPSA) is 67.6 Å². The van der Waals surface area contributed by atoms with E-state index >= 15 is 0 Å². The Hall–Kier alpha value is -1.79. The van der Waals surface area contributed by atoms with Crippen LogP contribution in [0.5, 0.6) is 5.75 Å². The van der Waals surface area contributed by atoms with E-state index in [9.17, 15) is 4.79 Å². The largest absolute Gasteiger partial charge is 0.492 e. The van der Waals surface area contributed by atoms with Crippen LogP contribution in [0.4, 0.5) is 5.69 Å². The molecule has 0 saturated heterocycles. The number of anilines is 1. The second-order valence-corrected chi connectivity index (χ2v) is 6.42. The number of hydrogen-bond acceptors (Lipinski definition) is 4. The second-order valence-electron chi connectivity index (χ2n) is 6.42. The zero-order valence-electron chi connectivity index (χ0n) is 16.7. The highest BCUT2D eigenvalue weighted by molar-refractivity contribution is 5.98. The number of carbonyl (C=O) groups excluding carboxylic acids is 1. The molecule has 5 nitrogen and oxygen atoms in total. The van der Waals surface area contributed by atoms with E-state index < -0.39 is 5.54 Å². The molecule has 0 saturated carbocycles. The Morgan fingerprint density at radius 3 is 2.14 bits per heavy atom. The van der Waals surface area contributed by atoms with Crippen molar-refractivity contribution >= 4 is 36.4 Å². The van der Waals surface area contributed by atoms with Crippen molar-refractivity contribution in [1.82, 2.24) is 4.90 Å². The minimum Gasteiger partial charge on any atom is -0.492 e. The molecule has 1 unspecified atom stereocenters. The van der Waals surface area contributed by atoms with Crippen LogP contribution in [0.15, 0.2) is 54.6 Å². The Bertz CT molecular complexity index is 691. The molecule has 0 aliphatic carbocycles. The van der Waals surface area contributed by atoms with Gasteiger partial charge in [0.15, 0.2) is 0 Å². The van der Waals surface area contributed by atoms with Gasteiger partial charge in [-0.3, -0.25) is 4.79 Å². The molecule has 0 aliphatic heterocycles. The van der Waals surface area contributed by atoms with Crippen LogP contribution < -0.4 is 15.8 Å². The molecule has 1 atom stereocenters. The molecule has 0 spiro atoms. The van der Waals surface area contributed by atoms with Crippen molar-refractivity contribution in [1.29, 1.82) is 0 Å². The summed E-state index contributed by atoms with van der Waals surface area (Å²) in [5.74, 6) is 0.535. The van der Waals surface area contributed by atoms with Crippen LogP contribution >= 0.6 is 24.8 Å². The van der Waals surface area contributed by atoms with E-state index in [2.05, 4.69) is 24.1 Å². The first-order chi connectivity index (χ1) is 12.5. The number of ether oxygens (including phenoxy) is 1. The highest BCUT2D eigenvalue weighted by atomic mass is 35.5. The average molecular weight is 428 g/mol. The summed E-state index contributed by atoms with van der Waals surface area (Å²) in [6.45, 7) is 9.57. The summed E-state index contributed by atoms with van der Waals surface area (Å²) in [4.78, 5) is 14.9. The van der Waals surface area contributed by atoms with E-state index in [1.807, 2.05) is 54.6 Å². The first-order valence-corrected chi connectivity index (χ1v) is 9.08. The number of nitrogens with two attached hydrogens (primary N) is 1. The molecule has 2 rings (SSSR count). The second kappa shape index (κ2) is 12.6. The summed E-state index contributed by atoms with van der Waals surface area (Å²) in [6.07, 6.45) is 0. The van der Waals surface area contributed by atoms with Gasteiger partial charge in [0.1, 0.15) is 17.9 Å². The molecule has 1 amide bonds. The molecule has 0 bridgehead atoms. The number of amides is 1. The minimum atomic E-state index is -1.10. The molecule has 0 aromatic heterocycles. The fraction of sp³-hybridized carbons (Fsp3) is 0.381. The molecule has 7 heteroatoms. The molecular formula is C21H31Cl2N3O2. The number of halogens is 2. The van der Waals surface area contributed by atoms with Gasteiger partial charge in [-0.15, -0.1) is 24.8 Å². The smallest absolute Gasteiger partial charge is 0.248 e. The van der Waals surface area contributed by atoms with E-state index in [1.54, 1.807) is 6.92 Å². The molecule has 28 heavy (non-hydrogen) atoms. The summed E-state index contributed by atoms with van der Waals surface area (Å²) < 4.78 is 5.76. The Kier molecular flexibility index (Phi) is 11.8. The quantitative estimate of drug-likeness (QED) is 0.632. The first kappa shape index (κ1) is 26.2. The molecule has 0 fully saturated rings. The number of carbonyl (C=O) groups is 1. The molecule has 156 valence electrons. The van der Waals surface area contributed by atoms with Gasteiger partial charge in [-0.25, -0.2) is 0 Å². The Labute approximate surface area is 180 Å². The zero-order chi connectivity index (χ0) is 19.0. The molecule has 0 radical (unpaired) electrons. The molecule has 0 aliphatic rings. The maximum atomic E-state index is 12.6. The lowest BCUT2D eigenvalue weighted by Crippen LogP contribution is -2.45. The molecule has 3 N–H and O–H groups in total. The van der Waals surface area contributed by atoms with Crippen LogP contribution in [0.2, 0.25) is 0 Å². The third-order valence-corrected chi connectivity index (χ3v) is 4.53. The molecule has 2 aromatic carbocycles. The third-order valence-electron chi connectivity index (χ3n) is 4.53. The SMILES string of the molecule is CCN(CC)CCOc1ccc(NC(=O)C(C)(N)c2ccccc2)cc1.Cl.Cl. The Morgan fingerprint density at radius 2 is 1.61 bits per heavy atom. The summed E-state index contributed by atoms with van der Waals surface area (Å²) in [5.41, 5.74) is 6.61. The van der Waals surface area contributed by atoms with E-state index in [-0.39, 0.29) is 30.7 Å². The number of benzene rings is 2. The van der Waals surface area contributed by atoms with Crippen molar-refractivity contribution in [3.63, 3.8) is 0 Å². The van der Waals surface area contributed by atoms with E-state index in [4.69, 9.17) is 10.5 Å². The lowest BCUT2D eigenvalue weighted by Gasteiger charge is -2.24. The van der Waals surface area contributed by atoms with Gasteiger partial charge in [0, 0.05) is 12.2 Å². The lowest BCUT2D eigenvalue weighted by molar-refractivity contribution is -0.120. The van der Waals surface area contributed by atoms with Crippen molar-refractivity contribution in [2.75, 3.05) is 31.6 Å². The van der Waals surface area contributed by atoms with Gasteiger partial charge >= 0.3 is 0 Å². The monoisotopic (exact) mass is 427 g/mol. The van der Waals surface area contributed by atoms with Crippen molar-refractivity contribution in [2.24, 2.45) is 5.73 Å². The molecule has 2 aromatic rings. The van der Waals surface area contributed by atoms with Crippen LogP contribution in [0.3, 0.4) is 0 Å². The predicted octanol–water partition coefficient (Wildman–Crippen LogP) is 4.06. The molecular weight excluding hydrogens is 397 g/mol. The molecule has 0 heterocycles. The fourth-order valence-electron chi connectivity index (χ4n) is 2.64. The normalized spacial score (nSPS) is 12.3. The lowest BCUT2D eigenvalue weighted by atomic mass is 9.92. The van der Waals surface area contributed by atoms with Crippen molar-refractivity contribution < 1.29 is 9.53 Å². The number of likely N-dealkylation sites (N-methyl/N-ethyl adjacent to an activating group) is 1. The van der Waals surface area contributed by atoms with Crippen LogP contribution in [0.1, 0.15) is 26.3 Å². The number of hydrogen-bond donors (Lipinski definition) is 2. The average Bonchev–Trinajstić information content (AvgIpc) is 2.67. The highest BCUT2D eigenvalue weighted by Crippen LogP contribution is 2.21. The van der Waals surface area contributed by atoms with Crippen LogP contribution in [0, 0.1) is 0 Å². The Morgan fingerprint density at radius 1 is 1.04 bits per heavy atom. The summed E-state index contributed by atoms with van der Waals surface area (Å²) >= 11 is 0. The van der Waals surface area contributed by atoms with Crippen LogP contribution in [-0.2, 0) is 10.3 Å². The third kappa shape index (κ3) is 7.32. The fourth-order valence-corrected chi connectivity index (χ4v) is 2.64. The highest BCUT2D eigenvalue weighted by Gasteiger charge is 2.30. The summed E-state index contributed by atoms with van der Waals surface area (Å²) in [7, 11) is 0. The van der Waals surface area contributed by atoms with Gasteiger partial charge in [-0.1, -0.05) is 44.2 Å². The van der Waals surface area contributed by atoms with Gasteiger partial charge < -0.3 is 20.7 Å². The van der Waals surface area contributed by atoms with Crippen LogP contribution in [-0.4, -0.2) is 37.0 Å². The standard InChI is InChI=1S/C21H29N3O2.2ClH/c1-4-24(5-2)15-16-26-19-13-11-18(12-14-19)23-20(25)21(3,22)17-9-7-6-8-10-17;;/h6-14H,4-5,15-16,22H2,1-3H3,(H,23,25);2*1H. The van der Waals surface area contributed by atoms with Crippen molar-refractivity contribution in [3.05, 3.63) is 60.2 Å². The van der Waals surface area contributed by atoms with Gasteiger partial charge in [0.2, 0.25) is 5.91 Å². The van der Waals surface area contributed by atoms with Gasteiger partial charge in [-0.2, -0.15) is 0 Å². The first-order valence-electron chi connectivity index (χ1n) is 9.08. The summed E-state index contributed by atoms with van der Waals surface area (Å²) in [6, 6.07) is 16.7.